The van der Waals surface area contributed by atoms with Gasteiger partial charge in [-0.25, -0.2) is 18.3 Å². The summed E-state index contributed by atoms with van der Waals surface area (Å²) in [7, 11) is -3.18. The number of fused-ring (bicyclic) bond motifs is 2. The first kappa shape index (κ1) is 36.7. The molecule has 0 amide bonds. The predicted molar refractivity (Wildman–Crippen MR) is 186 cm³/mol. The van der Waals surface area contributed by atoms with Crippen molar-refractivity contribution in [1.82, 2.24) is 24.6 Å². The number of ether oxygens (including phenoxy) is 3. The van der Waals surface area contributed by atoms with Crippen molar-refractivity contribution in [2.45, 2.75) is 50.5 Å². The van der Waals surface area contributed by atoms with E-state index in [1.807, 2.05) is 40.8 Å². The van der Waals surface area contributed by atoms with Gasteiger partial charge in [-0.05, 0) is 37.4 Å². The number of carbonyl (C=O) groups is 1. The smallest absolute Gasteiger partial charge is 0.459 e. The summed E-state index contributed by atoms with van der Waals surface area (Å²) < 4.78 is 72.0. The van der Waals surface area contributed by atoms with Gasteiger partial charge in [-0.2, -0.15) is 15.1 Å². The Labute approximate surface area is 302 Å². The molecule has 0 radical (unpaired) electrons. The van der Waals surface area contributed by atoms with Gasteiger partial charge in [0, 0.05) is 39.6 Å². The molecule has 19 heteroatoms. The minimum atomic E-state index is -4.56. The van der Waals surface area contributed by atoms with E-state index in [0.29, 0.717) is 15.3 Å². The van der Waals surface area contributed by atoms with Crippen LogP contribution in [0.5, 0.6) is 11.6 Å². The lowest BCUT2D eigenvalue weighted by Crippen LogP contribution is -2.45. The van der Waals surface area contributed by atoms with Gasteiger partial charge in [0.2, 0.25) is 11.8 Å². The number of aliphatic hydroxyl groups excluding tert-OH is 1. The van der Waals surface area contributed by atoms with Gasteiger partial charge in [0.25, 0.3) is 0 Å². The van der Waals surface area contributed by atoms with Crippen LogP contribution in [0.25, 0.3) is 21.9 Å². The standard InChI is InChI=1S/C32H32F2IN6O9P/c1-16(28(43)47-14-18-11-12-19(33)13-21(18)34)40-51(45,50-22-10-6-8-17-7-4-5-9-20(17)22)48-15-23-25(42)32(2,44)29(49-23)41-26-24(37-30(41)35)27(46-3)39-31(36)38-26/h4-13,16,23,25,29,42,44H,14-15H2,1-3H3,(H,40,45)(H2,36,38,39)/t16-,23+,25+,29+,32+,51?/m0/s1. The van der Waals surface area contributed by atoms with E-state index in [-0.39, 0.29) is 34.3 Å². The van der Waals surface area contributed by atoms with Crippen LogP contribution < -0.4 is 20.1 Å². The van der Waals surface area contributed by atoms with Crippen molar-refractivity contribution in [2.24, 2.45) is 0 Å². The second-order valence-electron chi connectivity index (χ2n) is 11.8. The fraction of sp³-hybridized carbons (Fsp3) is 0.312. The first-order chi connectivity index (χ1) is 24.2. The Bertz CT molecular complexity index is 2150. The fourth-order valence-electron chi connectivity index (χ4n) is 5.51. The van der Waals surface area contributed by atoms with Crippen molar-refractivity contribution < 1.29 is 51.6 Å². The molecule has 1 fully saturated rings. The second-order valence-corrected chi connectivity index (χ2v) is 14.4. The number of carbonyl (C=O) groups excluding carboxylic acids is 1. The van der Waals surface area contributed by atoms with Gasteiger partial charge in [0.05, 0.1) is 13.7 Å². The number of rotatable bonds is 12. The van der Waals surface area contributed by atoms with Gasteiger partial charge in [0.1, 0.15) is 47.8 Å². The Morgan fingerprint density at radius 1 is 1.18 bits per heavy atom. The number of hydrogen-bond donors (Lipinski definition) is 4. The highest BCUT2D eigenvalue weighted by Gasteiger charge is 2.55. The van der Waals surface area contributed by atoms with Crippen LogP contribution in [-0.2, 0) is 30.0 Å². The molecule has 0 saturated carbocycles. The van der Waals surface area contributed by atoms with Crippen LogP contribution in [0.1, 0.15) is 25.6 Å². The number of nitrogens with one attached hydrogen (secondary N) is 1. The topological polar surface area (TPSA) is 202 Å². The number of nitrogens with two attached hydrogens (primary N) is 1. The van der Waals surface area contributed by atoms with Crippen LogP contribution in [-0.4, -0.2) is 73.3 Å². The van der Waals surface area contributed by atoms with E-state index in [2.05, 4.69) is 20.0 Å². The Morgan fingerprint density at radius 3 is 2.67 bits per heavy atom. The first-order valence-electron chi connectivity index (χ1n) is 15.3. The summed E-state index contributed by atoms with van der Waals surface area (Å²) in [6.07, 6.45) is -4.23. The number of anilines is 1. The average Bonchev–Trinajstić information content (AvgIpc) is 3.52. The highest BCUT2D eigenvalue weighted by molar-refractivity contribution is 14.1. The zero-order valence-electron chi connectivity index (χ0n) is 27.2. The summed E-state index contributed by atoms with van der Waals surface area (Å²) >= 11 is 1.89. The summed E-state index contributed by atoms with van der Waals surface area (Å²) in [5.74, 6) is -2.57. The summed E-state index contributed by atoms with van der Waals surface area (Å²) in [5, 5.41) is 26.7. The lowest BCUT2D eigenvalue weighted by molar-refractivity contribution is -0.146. The number of nitrogen functional groups attached to an aromatic ring is 1. The van der Waals surface area contributed by atoms with E-state index in [1.54, 1.807) is 24.3 Å². The van der Waals surface area contributed by atoms with Gasteiger partial charge in [-0.3, -0.25) is 13.9 Å². The summed E-state index contributed by atoms with van der Waals surface area (Å²) in [4.78, 5) is 25.6. The third-order valence-electron chi connectivity index (χ3n) is 8.13. The van der Waals surface area contributed by atoms with E-state index in [0.717, 1.165) is 17.5 Å². The number of benzene rings is 3. The maximum absolute atomic E-state index is 14.5. The number of esters is 1. The quantitative estimate of drug-likeness (QED) is 0.0597. The van der Waals surface area contributed by atoms with Crippen LogP contribution >= 0.6 is 30.3 Å². The second kappa shape index (κ2) is 14.5. The Balaban J connectivity index is 1.25. The Kier molecular flexibility index (Phi) is 10.5. The molecule has 1 saturated heterocycles. The van der Waals surface area contributed by atoms with Crippen LogP contribution in [0, 0.1) is 15.5 Å². The first-order valence-corrected chi connectivity index (χ1v) is 17.9. The van der Waals surface area contributed by atoms with Gasteiger partial charge < -0.3 is 34.7 Å². The number of nitrogens with zero attached hydrogens (tertiary/aromatic N) is 4. The lowest BCUT2D eigenvalue weighted by atomic mass is 9.96. The van der Waals surface area contributed by atoms with Crippen molar-refractivity contribution in [1.29, 1.82) is 0 Å². The van der Waals surface area contributed by atoms with Gasteiger partial charge >= 0.3 is 13.7 Å². The van der Waals surface area contributed by atoms with E-state index in [9.17, 15) is 28.4 Å². The number of methoxy groups -OCH3 is 1. The van der Waals surface area contributed by atoms with Crippen LogP contribution in [0.15, 0.2) is 60.7 Å². The third kappa shape index (κ3) is 7.48. The molecular formula is C32H32F2IN6O9P. The summed E-state index contributed by atoms with van der Waals surface area (Å²) in [6.45, 7) is 1.50. The van der Waals surface area contributed by atoms with Gasteiger partial charge in [-0.1, -0.05) is 36.4 Å². The van der Waals surface area contributed by atoms with Crippen molar-refractivity contribution in [3.05, 3.63) is 81.7 Å². The van der Waals surface area contributed by atoms with E-state index in [4.69, 9.17) is 29.0 Å². The largest absolute Gasteiger partial charge is 0.479 e. The molecule has 2 aromatic heterocycles. The molecule has 0 spiro atoms. The Hall–Kier alpha value is -4.04. The van der Waals surface area contributed by atoms with Crippen LogP contribution in [0.3, 0.4) is 0 Å². The summed E-state index contributed by atoms with van der Waals surface area (Å²) in [6, 6.07) is 13.6. The lowest BCUT2D eigenvalue weighted by Gasteiger charge is -2.28. The molecule has 270 valence electrons. The third-order valence-corrected chi connectivity index (χ3v) is 10.5. The molecule has 15 nitrogen and oxygen atoms in total. The van der Waals surface area contributed by atoms with E-state index < -0.39 is 68.6 Å². The normalized spacial score (nSPS) is 22.2. The van der Waals surface area contributed by atoms with E-state index >= 15 is 0 Å². The van der Waals surface area contributed by atoms with Crippen LogP contribution in [0.2, 0.25) is 0 Å². The van der Waals surface area contributed by atoms with Crippen molar-refractivity contribution in [3.63, 3.8) is 0 Å². The molecule has 0 aliphatic carbocycles. The molecule has 1 unspecified atom stereocenters. The zero-order chi connectivity index (χ0) is 36.7. The average molecular weight is 841 g/mol. The summed E-state index contributed by atoms with van der Waals surface area (Å²) in [5.41, 5.74) is 4.21. The minimum absolute atomic E-state index is 0.0784. The molecule has 1 aliphatic rings. The number of aromatic nitrogens is 4. The minimum Gasteiger partial charge on any atom is -0.479 e. The molecule has 1 aliphatic heterocycles. The fourth-order valence-corrected chi connectivity index (χ4v) is 7.75. The van der Waals surface area contributed by atoms with Crippen molar-refractivity contribution in [3.8, 4) is 11.6 Å². The zero-order valence-corrected chi connectivity index (χ0v) is 30.2. The van der Waals surface area contributed by atoms with E-state index in [1.165, 1.54) is 25.5 Å². The number of aliphatic hydroxyl groups is 2. The number of halogens is 3. The molecule has 6 atom stereocenters. The van der Waals surface area contributed by atoms with Crippen molar-refractivity contribution in [2.75, 3.05) is 19.5 Å². The van der Waals surface area contributed by atoms with Crippen molar-refractivity contribution >= 4 is 64.2 Å². The molecule has 6 rings (SSSR count). The number of imidazole rings is 1. The van der Waals surface area contributed by atoms with Gasteiger partial charge in [-0.15, -0.1) is 0 Å². The Morgan fingerprint density at radius 2 is 1.92 bits per heavy atom. The SMILES string of the molecule is COc1nc(N)nc2c1nc(I)n2[C@@H]1O[C@H](COP(=O)(N[C@@H](C)C(=O)OCc2ccc(F)cc2F)Oc2cccc3ccccc23)[C@@H](O)[C@@]1(C)O. The molecule has 51 heavy (non-hydrogen) atoms. The monoisotopic (exact) mass is 840 g/mol. The highest BCUT2D eigenvalue weighted by Crippen LogP contribution is 2.49. The maximum Gasteiger partial charge on any atom is 0.459 e. The molecule has 5 N–H and O–H groups in total. The predicted octanol–water partition coefficient (Wildman–Crippen LogP) is 4.39. The molecule has 0 bridgehead atoms. The van der Waals surface area contributed by atoms with Crippen LogP contribution in [0.4, 0.5) is 14.7 Å². The molecule has 3 aromatic carbocycles. The van der Waals surface area contributed by atoms with Gasteiger partial charge in [0.15, 0.2) is 21.2 Å². The number of hydrogen-bond acceptors (Lipinski definition) is 13. The maximum atomic E-state index is 14.5. The highest BCUT2D eigenvalue weighted by atomic mass is 127. The molecule has 3 heterocycles. The molecular weight excluding hydrogens is 808 g/mol. The molecule has 5 aromatic rings.